The molecule has 2 aromatic carbocycles. The fraction of sp³-hybridized carbons (Fsp3) is 0.100. The number of pyridine rings is 1. The Balaban J connectivity index is 1.53. The third kappa shape index (κ3) is 4.73. The number of anilines is 1. The molecule has 0 saturated heterocycles. The lowest BCUT2D eigenvalue weighted by Crippen LogP contribution is -2.20. The maximum atomic E-state index is 12.0. The van der Waals surface area contributed by atoms with Crippen LogP contribution in [0.15, 0.2) is 66.9 Å². The summed E-state index contributed by atoms with van der Waals surface area (Å²) in [5, 5.41) is 12.4. The first kappa shape index (κ1) is 17.3. The van der Waals surface area contributed by atoms with Gasteiger partial charge in [-0.1, -0.05) is 12.1 Å². The molecule has 0 unspecified atom stereocenters. The minimum Gasteiger partial charge on any atom is -0.506 e. The van der Waals surface area contributed by atoms with Gasteiger partial charge < -0.3 is 19.9 Å². The molecule has 0 atom stereocenters. The van der Waals surface area contributed by atoms with Crippen LogP contribution in [0.3, 0.4) is 0 Å². The molecule has 132 valence electrons. The minimum absolute atomic E-state index is 0.0139. The van der Waals surface area contributed by atoms with Gasteiger partial charge in [0, 0.05) is 12.3 Å². The second-order valence-electron chi connectivity index (χ2n) is 5.60. The van der Waals surface area contributed by atoms with E-state index in [2.05, 4.69) is 10.3 Å². The summed E-state index contributed by atoms with van der Waals surface area (Å²) < 4.78 is 11.0. The number of aromatic hydroxyl groups is 1. The second kappa shape index (κ2) is 8.02. The number of aryl methyl sites for hydroxylation is 1. The van der Waals surface area contributed by atoms with Crippen molar-refractivity contribution in [1.82, 2.24) is 4.98 Å². The van der Waals surface area contributed by atoms with Gasteiger partial charge in [-0.25, -0.2) is 4.98 Å². The number of nitrogens with one attached hydrogen (secondary N) is 1. The molecule has 0 radical (unpaired) electrons. The predicted octanol–water partition coefficient (Wildman–Crippen LogP) is 3.91. The lowest BCUT2D eigenvalue weighted by molar-refractivity contribution is -0.118. The SMILES string of the molecule is Cc1ccc(O)c(NC(=O)COc2ccc(Oc3ccccn3)cc2)c1. The Morgan fingerprint density at radius 2 is 1.85 bits per heavy atom. The predicted molar refractivity (Wildman–Crippen MR) is 97.7 cm³/mol. The number of benzene rings is 2. The molecule has 2 N–H and O–H groups in total. The number of ether oxygens (including phenoxy) is 2. The molecule has 0 aliphatic rings. The van der Waals surface area contributed by atoms with Crippen molar-refractivity contribution < 1.29 is 19.4 Å². The highest BCUT2D eigenvalue weighted by atomic mass is 16.5. The molecule has 3 aromatic rings. The number of phenolic OH excluding ortho intramolecular Hbond substituents is 1. The van der Waals surface area contributed by atoms with Gasteiger partial charge >= 0.3 is 0 Å². The van der Waals surface area contributed by atoms with Crippen molar-refractivity contribution in [2.24, 2.45) is 0 Å². The molecule has 0 aliphatic heterocycles. The van der Waals surface area contributed by atoms with Crippen LogP contribution in [0, 0.1) is 6.92 Å². The Hall–Kier alpha value is -3.54. The van der Waals surface area contributed by atoms with Gasteiger partial charge in [0.25, 0.3) is 5.91 Å². The molecule has 0 saturated carbocycles. The van der Waals surface area contributed by atoms with E-state index in [1.165, 1.54) is 6.07 Å². The van der Waals surface area contributed by atoms with Crippen molar-refractivity contribution in [2.75, 3.05) is 11.9 Å². The quantitative estimate of drug-likeness (QED) is 0.659. The number of hydrogen-bond donors (Lipinski definition) is 2. The summed E-state index contributed by atoms with van der Waals surface area (Å²) >= 11 is 0. The van der Waals surface area contributed by atoms with Gasteiger partial charge in [0.15, 0.2) is 6.61 Å². The van der Waals surface area contributed by atoms with Crippen LogP contribution in [-0.2, 0) is 4.79 Å². The molecule has 1 aromatic heterocycles. The first-order chi connectivity index (χ1) is 12.6. The molecule has 26 heavy (non-hydrogen) atoms. The van der Waals surface area contributed by atoms with Crippen molar-refractivity contribution in [3.63, 3.8) is 0 Å². The first-order valence-electron chi connectivity index (χ1n) is 8.01. The third-order valence-electron chi connectivity index (χ3n) is 3.48. The van der Waals surface area contributed by atoms with Crippen LogP contribution in [-0.4, -0.2) is 22.6 Å². The van der Waals surface area contributed by atoms with E-state index >= 15 is 0 Å². The second-order valence-corrected chi connectivity index (χ2v) is 5.60. The zero-order valence-electron chi connectivity index (χ0n) is 14.2. The maximum absolute atomic E-state index is 12.0. The summed E-state index contributed by atoms with van der Waals surface area (Å²) in [7, 11) is 0. The largest absolute Gasteiger partial charge is 0.506 e. The van der Waals surface area contributed by atoms with E-state index in [9.17, 15) is 9.90 Å². The molecule has 0 fully saturated rings. The Bertz CT molecular complexity index is 880. The Morgan fingerprint density at radius 1 is 1.08 bits per heavy atom. The number of carbonyl (C=O) groups is 1. The average molecular weight is 350 g/mol. The molecular formula is C20H18N2O4. The number of phenols is 1. The van der Waals surface area contributed by atoms with Crippen molar-refractivity contribution in [2.45, 2.75) is 6.92 Å². The molecule has 6 nitrogen and oxygen atoms in total. The van der Waals surface area contributed by atoms with E-state index in [-0.39, 0.29) is 18.3 Å². The summed E-state index contributed by atoms with van der Waals surface area (Å²) in [4.78, 5) is 16.1. The molecule has 0 spiro atoms. The molecule has 1 amide bonds. The number of amides is 1. The zero-order valence-corrected chi connectivity index (χ0v) is 14.2. The third-order valence-corrected chi connectivity index (χ3v) is 3.48. The Kier molecular flexibility index (Phi) is 5.34. The van der Waals surface area contributed by atoms with Gasteiger partial charge in [-0.3, -0.25) is 4.79 Å². The molecule has 0 aliphatic carbocycles. The van der Waals surface area contributed by atoms with Crippen molar-refractivity contribution >= 4 is 11.6 Å². The van der Waals surface area contributed by atoms with E-state index in [0.717, 1.165) is 5.56 Å². The highest BCUT2D eigenvalue weighted by Gasteiger charge is 2.08. The van der Waals surface area contributed by atoms with Crippen LogP contribution in [0.5, 0.6) is 23.1 Å². The standard InChI is InChI=1S/C20H18N2O4/c1-14-5-10-18(23)17(12-14)22-19(24)13-25-15-6-8-16(9-7-15)26-20-4-2-3-11-21-20/h2-12,23H,13H2,1H3,(H,22,24). The highest BCUT2D eigenvalue weighted by Crippen LogP contribution is 2.24. The number of rotatable bonds is 6. The normalized spacial score (nSPS) is 10.2. The summed E-state index contributed by atoms with van der Waals surface area (Å²) in [6, 6.07) is 17.3. The van der Waals surface area contributed by atoms with E-state index in [0.29, 0.717) is 23.1 Å². The molecule has 1 heterocycles. The van der Waals surface area contributed by atoms with Crippen LogP contribution in [0.25, 0.3) is 0 Å². The average Bonchev–Trinajstić information content (AvgIpc) is 2.65. The summed E-state index contributed by atoms with van der Waals surface area (Å²) in [6.07, 6.45) is 1.65. The van der Waals surface area contributed by atoms with Gasteiger partial charge in [0.1, 0.15) is 17.2 Å². The van der Waals surface area contributed by atoms with Crippen molar-refractivity contribution in [3.8, 4) is 23.1 Å². The van der Waals surface area contributed by atoms with Crippen LogP contribution in [0.1, 0.15) is 5.56 Å². The Labute approximate surface area is 151 Å². The van der Waals surface area contributed by atoms with Crippen LogP contribution in [0.4, 0.5) is 5.69 Å². The fourth-order valence-corrected chi connectivity index (χ4v) is 2.22. The maximum Gasteiger partial charge on any atom is 0.262 e. The van der Waals surface area contributed by atoms with Gasteiger partial charge in [-0.2, -0.15) is 0 Å². The van der Waals surface area contributed by atoms with E-state index < -0.39 is 0 Å². The van der Waals surface area contributed by atoms with Gasteiger partial charge in [-0.15, -0.1) is 0 Å². The number of hydrogen-bond acceptors (Lipinski definition) is 5. The van der Waals surface area contributed by atoms with Crippen LogP contribution >= 0.6 is 0 Å². The van der Waals surface area contributed by atoms with E-state index in [4.69, 9.17) is 9.47 Å². The highest BCUT2D eigenvalue weighted by molar-refractivity contribution is 5.93. The van der Waals surface area contributed by atoms with Crippen LogP contribution in [0.2, 0.25) is 0 Å². The topological polar surface area (TPSA) is 80.7 Å². The number of aromatic nitrogens is 1. The minimum atomic E-state index is -0.361. The van der Waals surface area contributed by atoms with Gasteiger partial charge in [0.2, 0.25) is 5.88 Å². The summed E-state index contributed by atoms with van der Waals surface area (Å²) in [5.41, 5.74) is 1.29. The smallest absolute Gasteiger partial charge is 0.262 e. The summed E-state index contributed by atoms with van der Waals surface area (Å²) in [6.45, 7) is 1.70. The number of carbonyl (C=O) groups excluding carboxylic acids is 1. The lowest BCUT2D eigenvalue weighted by Gasteiger charge is -2.10. The van der Waals surface area contributed by atoms with Gasteiger partial charge in [0.05, 0.1) is 5.69 Å². The van der Waals surface area contributed by atoms with Crippen molar-refractivity contribution in [1.29, 1.82) is 0 Å². The Morgan fingerprint density at radius 3 is 2.58 bits per heavy atom. The van der Waals surface area contributed by atoms with Crippen molar-refractivity contribution in [3.05, 3.63) is 72.4 Å². The molecule has 3 rings (SSSR count). The monoisotopic (exact) mass is 350 g/mol. The fourth-order valence-electron chi connectivity index (χ4n) is 2.22. The first-order valence-corrected chi connectivity index (χ1v) is 8.01. The zero-order chi connectivity index (χ0) is 18.4. The van der Waals surface area contributed by atoms with Gasteiger partial charge in [-0.05, 0) is 55.0 Å². The molecular weight excluding hydrogens is 332 g/mol. The molecule has 0 bridgehead atoms. The van der Waals surface area contributed by atoms with E-state index in [1.807, 2.05) is 19.1 Å². The lowest BCUT2D eigenvalue weighted by atomic mass is 10.2. The summed E-state index contributed by atoms with van der Waals surface area (Å²) in [5.74, 6) is 1.30. The molecule has 6 heteroatoms. The van der Waals surface area contributed by atoms with Crippen LogP contribution < -0.4 is 14.8 Å². The van der Waals surface area contributed by atoms with E-state index in [1.54, 1.807) is 48.7 Å². The number of nitrogens with zero attached hydrogens (tertiary/aromatic N) is 1.